The number of amides is 1. The van der Waals surface area contributed by atoms with Crippen molar-refractivity contribution >= 4 is 32.8 Å². The number of hydrogen-bond acceptors (Lipinski definition) is 7. The monoisotopic (exact) mass is 409 g/mol. The lowest BCUT2D eigenvalue weighted by atomic mass is 9.97. The van der Waals surface area contributed by atoms with Crippen molar-refractivity contribution in [3.63, 3.8) is 0 Å². The van der Waals surface area contributed by atoms with Crippen LogP contribution in [0.25, 0.3) is 11.0 Å². The molecule has 1 aliphatic heterocycles. The molecule has 1 amide bonds. The van der Waals surface area contributed by atoms with Crippen molar-refractivity contribution in [1.29, 1.82) is 0 Å². The van der Waals surface area contributed by atoms with E-state index in [0.717, 1.165) is 29.8 Å². The fourth-order valence-electron chi connectivity index (χ4n) is 3.32. The first-order valence-electron chi connectivity index (χ1n) is 9.53. The third-order valence-corrected chi connectivity index (χ3v) is 6.20. The fraction of sp³-hybridized carbons (Fsp3) is 0.647. The van der Waals surface area contributed by atoms with E-state index in [1.165, 1.54) is 16.9 Å². The van der Waals surface area contributed by atoms with Crippen molar-refractivity contribution < 1.29 is 13.2 Å². The number of aromatic nitrogens is 4. The number of piperidine rings is 1. The Morgan fingerprint density at radius 1 is 1.25 bits per heavy atom. The number of carbonyl (C=O) groups excluding carboxylic acids is 1. The summed E-state index contributed by atoms with van der Waals surface area (Å²) in [5, 5.41) is 11.4. The van der Waals surface area contributed by atoms with Crippen LogP contribution in [0.5, 0.6) is 0 Å². The summed E-state index contributed by atoms with van der Waals surface area (Å²) in [6, 6.07) is 0. The molecule has 0 unspecified atom stereocenters. The molecule has 10 nitrogen and oxygen atoms in total. The number of nitrogens with zero attached hydrogens (tertiary/aromatic N) is 5. The highest BCUT2D eigenvalue weighted by atomic mass is 32.2. The van der Waals surface area contributed by atoms with Crippen molar-refractivity contribution in [1.82, 2.24) is 29.4 Å². The molecule has 2 N–H and O–H groups in total. The lowest BCUT2D eigenvalue weighted by Crippen LogP contribution is -2.43. The van der Waals surface area contributed by atoms with Crippen molar-refractivity contribution in [2.45, 2.75) is 32.7 Å². The molecule has 0 aromatic carbocycles. The van der Waals surface area contributed by atoms with Gasteiger partial charge >= 0.3 is 0 Å². The Balaban J connectivity index is 1.52. The third kappa shape index (κ3) is 4.76. The standard InChI is InChI=1S/C17H27N7O3S/c1-3-6-18-15-14-11-22-24(16(14)21-12-20-15)10-7-19-17(25)13-4-8-23(9-5-13)28(2,26)27/h11-13H,3-10H2,1-2H3,(H,19,25)(H,18,20,21). The molecule has 1 saturated heterocycles. The van der Waals surface area contributed by atoms with Crippen molar-refractivity contribution in [3.8, 4) is 0 Å². The van der Waals surface area contributed by atoms with Gasteiger partial charge in [0.2, 0.25) is 15.9 Å². The molecule has 28 heavy (non-hydrogen) atoms. The SMILES string of the molecule is CCCNc1ncnc2c1cnn2CCNC(=O)C1CCN(S(C)(=O)=O)CC1. The number of hydrogen-bond donors (Lipinski definition) is 2. The zero-order valence-electron chi connectivity index (χ0n) is 16.3. The molecule has 3 rings (SSSR count). The first kappa shape index (κ1) is 20.5. The van der Waals surface area contributed by atoms with E-state index in [4.69, 9.17) is 0 Å². The maximum absolute atomic E-state index is 12.4. The lowest BCUT2D eigenvalue weighted by molar-refractivity contribution is -0.126. The van der Waals surface area contributed by atoms with Gasteiger partial charge in [0.25, 0.3) is 0 Å². The van der Waals surface area contributed by atoms with Gasteiger partial charge in [0.15, 0.2) is 5.65 Å². The first-order valence-corrected chi connectivity index (χ1v) is 11.4. The first-order chi connectivity index (χ1) is 13.4. The summed E-state index contributed by atoms with van der Waals surface area (Å²) in [5.41, 5.74) is 0.726. The molecule has 0 aliphatic carbocycles. The van der Waals surface area contributed by atoms with E-state index in [9.17, 15) is 13.2 Å². The van der Waals surface area contributed by atoms with Gasteiger partial charge in [-0.3, -0.25) is 4.79 Å². The topological polar surface area (TPSA) is 122 Å². The molecular formula is C17H27N7O3S. The van der Waals surface area contributed by atoms with Crippen molar-refractivity contribution in [2.75, 3.05) is 37.8 Å². The Labute approximate surface area is 164 Å². The minimum Gasteiger partial charge on any atom is -0.369 e. The maximum Gasteiger partial charge on any atom is 0.223 e. The zero-order chi connectivity index (χ0) is 20.1. The van der Waals surface area contributed by atoms with Gasteiger partial charge in [-0.15, -0.1) is 0 Å². The summed E-state index contributed by atoms with van der Waals surface area (Å²) in [5.74, 6) is 0.573. The number of rotatable bonds is 8. The molecule has 0 saturated carbocycles. The molecule has 0 atom stereocenters. The van der Waals surface area contributed by atoms with Gasteiger partial charge in [-0.2, -0.15) is 5.10 Å². The maximum atomic E-state index is 12.4. The molecule has 11 heteroatoms. The van der Waals surface area contributed by atoms with Gasteiger partial charge in [0.1, 0.15) is 12.1 Å². The predicted molar refractivity (Wildman–Crippen MR) is 106 cm³/mol. The molecule has 1 aliphatic rings. The van der Waals surface area contributed by atoms with Crippen LogP contribution in [-0.2, 0) is 21.4 Å². The highest BCUT2D eigenvalue weighted by Gasteiger charge is 2.28. The Hall–Kier alpha value is -2.27. The van der Waals surface area contributed by atoms with Gasteiger partial charge in [0, 0.05) is 32.1 Å². The summed E-state index contributed by atoms with van der Waals surface area (Å²) in [4.78, 5) is 20.9. The molecule has 0 radical (unpaired) electrons. The molecule has 2 aromatic heterocycles. The molecule has 0 spiro atoms. The Morgan fingerprint density at radius 3 is 2.68 bits per heavy atom. The van der Waals surface area contributed by atoms with Gasteiger partial charge in [-0.1, -0.05) is 6.92 Å². The van der Waals surface area contributed by atoms with Crippen LogP contribution in [0.1, 0.15) is 26.2 Å². The number of carbonyl (C=O) groups is 1. The van der Waals surface area contributed by atoms with E-state index in [1.54, 1.807) is 10.9 Å². The molecule has 154 valence electrons. The average molecular weight is 410 g/mol. The summed E-state index contributed by atoms with van der Waals surface area (Å²) in [6.45, 7) is 4.63. The summed E-state index contributed by atoms with van der Waals surface area (Å²) < 4.78 is 26.3. The van der Waals surface area contributed by atoms with Crippen LogP contribution in [-0.4, -0.2) is 70.8 Å². The molecule has 3 heterocycles. The highest BCUT2D eigenvalue weighted by molar-refractivity contribution is 7.88. The van der Waals surface area contributed by atoms with Gasteiger partial charge in [-0.05, 0) is 19.3 Å². The minimum absolute atomic E-state index is 0.0375. The van der Waals surface area contributed by atoms with E-state index >= 15 is 0 Å². The summed E-state index contributed by atoms with van der Waals surface area (Å²) >= 11 is 0. The zero-order valence-corrected chi connectivity index (χ0v) is 17.1. The number of nitrogens with one attached hydrogen (secondary N) is 2. The second-order valence-corrected chi connectivity index (χ2v) is 8.96. The summed E-state index contributed by atoms with van der Waals surface area (Å²) in [7, 11) is -3.18. The Bertz CT molecular complexity index is 920. The Kier molecular flexibility index (Phi) is 6.45. The van der Waals surface area contributed by atoms with Crippen LogP contribution in [0.3, 0.4) is 0 Å². The quantitative estimate of drug-likeness (QED) is 0.648. The number of fused-ring (bicyclic) bond motifs is 1. The minimum atomic E-state index is -3.18. The van der Waals surface area contributed by atoms with Gasteiger partial charge in [-0.25, -0.2) is 27.4 Å². The van der Waals surface area contributed by atoms with E-state index in [0.29, 0.717) is 39.0 Å². The highest BCUT2D eigenvalue weighted by Crippen LogP contribution is 2.20. The predicted octanol–water partition coefficient (Wildman–Crippen LogP) is 0.436. The normalized spacial score (nSPS) is 16.4. The van der Waals surface area contributed by atoms with Crippen LogP contribution in [0.4, 0.5) is 5.82 Å². The van der Waals surface area contributed by atoms with E-state index in [2.05, 4.69) is 32.6 Å². The smallest absolute Gasteiger partial charge is 0.223 e. The van der Waals surface area contributed by atoms with E-state index in [1.807, 2.05) is 0 Å². The second-order valence-electron chi connectivity index (χ2n) is 6.98. The van der Waals surface area contributed by atoms with E-state index < -0.39 is 10.0 Å². The average Bonchev–Trinajstić information content (AvgIpc) is 3.09. The van der Waals surface area contributed by atoms with Crippen LogP contribution < -0.4 is 10.6 Å². The van der Waals surface area contributed by atoms with Crippen LogP contribution >= 0.6 is 0 Å². The third-order valence-electron chi connectivity index (χ3n) is 4.89. The van der Waals surface area contributed by atoms with Gasteiger partial charge < -0.3 is 10.6 Å². The van der Waals surface area contributed by atoms with Crippen molar-refractivity contribution in [3.05, 3.63) is 12.5 Å². The molecule has 0 bridgehead atoms. The number of anilines is 1. The molecule has 2 aromatic rings. The summed E-state index contributed by atoms with van der Waals surface area (Å²) in [6.07, 6.45) is 6.53. The van der Waals surface area contributed by atoms with Crippen LogP contribution in [0, 0.1) is 5.92 Å². The Morgan fingerprint density at radius 2 is 2.00 bits per heavy atom. The van der Waals surface area contributed by atoms with Crippen LogP contribution in [0.2, 0.25) is 0 Å². The number of sulfonamides is 1. The molecule has 1 fully saturated rings. The lowest BCUT2D eigenvalue weighted by Gasteiger charge is -2.29. The molecular weight excluding hydrogens is 382 g/mol. The van der Waals surface area contributed by atoms with Gasteiger partial charge in [0.05, 0.1) is 24.4 Å². The van der Waals surface area contributed by atoms with E-state index in [-0.39, 0.29) is 11.8 Å². The fourth-order valence-corrected chi connectivity index (χ4v) is 4.19. The second kappa shape index (κ2) is 8.82. The van der Waals surface area contributed by atoms with Crippen molar-refractivity contribution in [2.24, 2.45) is 5.92 Å². The largest absolute Gasteiger partial charge is 0.369 e. The van der Waals surface area contributed by atoms with Crippen LogP contribution in [0.15, 0.2) is 12.5 Å².